The quantitative estimate of drug-likeness (QED) is 0.766. The molecule has 1 aliphatic rings. The maximum Gasteiger partial charge on any atom is 0.251 e. The molecule has 0 aliphatic carbocycles. The van der Waals surface area contributed by atoms with Crippen molar-refractivity contribution in [3.05, 3.63) is 29.8 Å². The first-order valence-electron chi connectivity index (χ1n) is 8.89. The Morgan fingerprint density at radius 3 is 2.54 bits per heavy atom. The van der Waals surface area contributed by atoms with Gasteiger partial charge in [-0.25, -0.2) is 0 Å². The highest BCUT2D eigenvalue weighted by Gasteiger charge is 2.32. The molecule has 0 atom stereocenters. The minimum atomic E-state index is -0.00583. The molecule has 0 radical (unpaired) electrons. The molecule has 0 aromatic heterocycles. The van der Waals surface area contributed by atoms with Crippen molar-refractivity contribution in [1.82, 2.24) is 10.6 Å². The number of rotatable bonds is 8. The fourth-order valence-corrected chi connectivity index (χ4v) is 3.34. The largest absolute Gasteiger partial charge is 0.384 e. The summed E-state index contributed by atoms with van der Waals surface area (Å²) >= 11 is 0. The summed E-state index contributed by atoms with van der Waals surface area (Å²) in [4.78, 5) is 14.7. The summed E-state index contributed by atoms with van der Waals surface area (Å²) in [6.07, 6.45) is 3.17. The third kappa shape index (κ3) is 4.95. The highest BCUT2D eigenvalue weighted by molar-refractivity contribution is 5.94. The molecular weight excluding hydrogens is 302 g/mol. The lowest BCUT2D eigenvalue weighted by Gasteiger charge is -2.37. The van der Waals surface area contributed by atoms with Crippen molar-refractivity contribution >= 4 is 11.6 Å². The number of nitrogens with one attached hydrogen (secondary N) is 2. The Bertz CT molecular complexity index is 504. The van der Waals surface area contributed by atoms with E-state index in [9.17, 15) is 4.79 Å². The molecule has 0 bridgehead atoms. The standard InChI is InChI=1S/C19H31N3O2/c1-4-13-22(2)17-7-5-16(6-8-17)18(23)21-14-19(15-24-3)9-11-20-12-10-19/h5-8,20H,4,9-15H2,1-3H3,(H,21,23). The Morgan fingerprint density at radius 2 is 1.96 bits per heavy atom. The van der Waals surface area contributed by atoms with Crippen molar-refractivity contribution in [2.24, 2.45) is 5.41 Å². The Kier molecular flexibility index (Phi) is 7.06. The molecule has 1 aliphatic heterocycles. The maximum absolute atomic E-state index is 12.5. The van der Waals surface area contributed by atoms with E-state index < -0.39 is 0 Å². The molecule has 0 saturated carbocycles. The van der Waals surface area contributed by atoms with E-state index >= 15 is 0 Å². The topological polar surface area (TPSA) is 53.6 Å². The van der Waals surface area contributed by atoms with Crippen LogP contribution in [0.4, 0.5) is 5.69 Å². The molecule has 5 nitrogen and oxygen atoms in total. The van der Waals surface area contributed by atoms with Gasteiger partial charge in [0.05, 0.1) is 6.61 Å². The van der Waals surface area contributed by atoms with Gasteiger partial charge in [-0.1, -0.05) is 6.92 Å². The molecule has 5 heteroatoms. The lowest BCUT2D eigenvalue weighted by molar-refractivity contribution is 0.0512. The van der Waals surface area contributed by atoms with E-state index in [0.29, 0.717) is 18.7 Å². The molecular formula is C19H31N3O2. The third-order valence-corrected chi connectivity index (χ3v) is 4.87. The smallest absolute Gasteiger partial charge is 0.251 e. The summed E-state index contributed by atoms with van der Waals surface area (Å²) < 4.78 is 5.40. The van der Waals surface area contributed by atoms with Gasteiger partial charge in [-0.2, -0.15) is 0 Å². The number of hydrogen-bond donors (Lipinski definition) is 2. The summed E-state index contributed by atoms with van der Waals surface area (Å²) in [7, 11) is 3.81. The van der Waals surface area contributed by atoms with Gasteiger partial charge in [0.2, 0.25) is 0 Å². The van der Waals surface area contributed by atoms with Crippen LogP contribution in [-0.4, -0.2) is 52.9 Å². The molecule has 1 heterocycles. The summed E-state index contributed by atoms with van der Waals surface area (Å²) in [5, 5.41) is 6.48. The van der Waals surface area contributed by atoms with Crippen molar-refractivity contribution < 1.29 is 9.53 Å². The van der Waals surface area contributed by atoms with Gasteiger partial charge in [0.25, 0.3) is 5.91 Å². The van der Waals surface area contributed by atoms with E-state index in [1.807, 2.05) is 24.3 Å². The Labute approximate surface area is 145 Å². The zero-order valence-corrected chi connectivity index (χ0v) is 15.2. The van der Waals surface area contributed by atoms with Crippen LogP contribution in [0.2, 0.25) is 0 Å². The first kappa shape index (κ1) is 18.7. The number of methoxy groups -OCH3 is 1. The van der Waals surface area contributed by atoms with Gasteiger partial charge in [-0.15, -0.1) is 0 Å². The average Bonchev–Trinajstić information content (AvgIpc) is 2.61. The zero-order valence-electron chi connectivity index (χ0n) is 15.2. The lowest BCUT2D eigenvalue weighted by atomic mass is 9.79. The first-order chi connectivity index (χ1) is 11.6. The second kappa shape index (κ2) is 9.04. The number of piperidine rings is 1. The summed E-state index contributed by atoms with van der Waals surface area (Å²) in [5.74, 6) is -0.00583. The highest BCUT2D eigenvalue weighted by Crippen LogP contribution is 2.28. The Balaban J connectivity index is 1.93. The van der Waals surface area contributed by atoms with Gasteiger partial charge in [0, 0.05) is 43.9 Å². The van der Waals surface area contributed by atoms with Gasteiger partial charge in [0.1, 0.15) is 0 Å². The Morgan fingerprint density at radius 1 is 1.29 bits per heavy atom. The van der Waals surface area contributed by atoms with Crippen molar-refractivity contribution in [3.8, 4) is 0 Å². The van der Waals surface area contributed by atoms with Gasteiger partial charge >= 0.3 is 0 Å². The normalized spacial score (nSPS) is 16.6. The lowest BCUT2D eigenvalue weighted by Crippen LogP contribution is -2.47. The molecule has 2 N–H and O–H groups in total. The molecule has 1 fully saturated rings. The molecule has 1 amide bonds. The van der Waals surface area contributed by atoms with E-state index in [4.69, 9.17) is 4.74 Å². The number of ether oxygens (including phenoxy) is 1. The predicted octanol–water partition coefficient (Wildman–Crippen LogP) is 2.28. The van der Waals surface area contributed by atoms with E-state index in [2.05, 4.69) is 29.5 Å². The second-order valence-electron chi connectivity index (χ2n) is 6.83. The van der Waals surface area contributed by atoms with Gasteiger partial charge in [0.15, 0.2) is 0 Å². The third-order valence-electron chi connectivity index (χ3n) is 4.87. The first-order valence-corrected chi connectivity index (χ1v) is 8.89. The number of carbonyl (C=O) groups is 1. The number of carbonyl (C=O) groups excluding carboxylic acids is 1. The minimum absolute atomic E-state index is 0.00583. The molecule has 1 aromatic rings. The van der Waals surface area contributed by atoms with Crippen LogP contribution in [0.25, 0.3) is 0 Å². The molecule has 0 unspecified atom stereocenters. The van der Waals surface area contributed by atoms with Gasteiger partial charge in [-0.05, 0) is 56.6 Å². The summed E-state index contributed by atoms with van der Waals surface area (Å²) in [6.45, 7) is 6.50. The summed E-state index contributed by atoms with van der Waals surface area (Å²) in [5.41, 5.74) is 1.91. The molecule has 24 heavy (non-hydrogen) atoms. The van der Waals surface area contributed by atoms with E-state index in [1.165, 1.54) is 0 Å². The van der Waals surface area contributed by atoms with Crippen LogP contribution in [0.15, 0.2) is 24.3 Å². The van der Waals surface area contributed by atoms with E-state index in [-0.39, 0.29) is 11.3 Å². The van der Waals surface area contributed by atoms with E-state index in [0.717, 1.165) is 44.6 Å². The van der Waals surface area contributed by atoms with Crippen LogP contribution in [-0.2, 0) is 4.74 Å². The molecule has 0 spiro atoms. The number of hydrogen-bond acceptors (Lipinski definition) is 4. The van der Waals surface area contributed by atoms with Crippen molar-refractivity contribution in [1.29, 1.82) is 0 Å². The summed E-state index contributed by atoms with van der Waals surface area (Å²) in [6, 6.07) is 7.84. The molecule has 1 saturated heterocycles. The van der Waals surface area contributed by atoms with E-state index in [1.54, 1.807) is 7.11 Å². The fourth-order valence-electron chi connectivity index (χ4n) is 3.34. The van der Waals surface area contributed by atoms with Crippen molar-refractivity contribution in [2.75, 3.05) is 51.8 Å². The molecule has 134 valence electrons. The number of anilines is 1. The number of nitrogens with zero attached hydrogens (tertiary/aromatic N) is 1. The minimum Gasteiger partial charge on any atom is -0.384 e. The fraction of sp³-hybridized carbons (Fsp3) is 0.632. The monoisotopic (exact) mass is 333 g/mol. The van der Waals surface area contributed by atoms with Crippen LogP contribution in [0.5, 0.6) is 0 Å². The molecule has 2 rings (SSSR count). The van der Waals surface area contributed by atoms with Gasteiger partial charge in [-0.3, -0.25) is 4.79 Å². The zero-order chi connectivity index (χ0) is 17.4. The van der Waals surface area contributed by atoms with Crippen LogP contribution >= 0.6 is 0 Å². The average molecular weight is 333 g/mol. The van der Waals surface area contributed by atoms with Crippen LogP contribution in [0.3, 0.4) is 0 Å². The predicted molar refractivity (Wildman–Crippen MR) is 98.7 cm³/mol. The van der Waals surface area contributed by atoms with Crippen molar-refractivity contribution in [2.45, 2.75) is 26.2 Å². The van der Waals surface area contributed by atoms with Crippen LogP contribution < -0.4 is 15.5 Å². The maximum atomic E-state index is 12.5. The highest BCUT2D eigenvalue weighted by atomic mass is 16.5. The molecule has 1 aromatic carbocycles. The number of benzene rings is 1. The van der Waals surface area contributed by atoms with Crippen molar-refractivity contribution in [3.63, 3.8) is 0 Å². The second-order valence-corrected chi connectivity index (χ2v) is 6.83. The SMILES string of the molecule is CCCN(C)c1ccc(C(=O)NCC2(COC)CCNCC2)cc1. The number of amides is 1. The van der Waals surface area contributed by atoms with Crippen LogP contribution in [0, 0.1) is 5.41 Å². The van der Waals surface area contributed by atoms with Gasteiger partial charge < -0.3 is 20.3 Å². The van der Waals surface area contributed by atoms with Crippen LogP contribution in [0.1, 0.15) is 36.5 Å². The Hall–Kier alpha value is -1.59.